The smallest absolute Gasteiger partial charge is 0.306 e. The molecule has 2 heteroatoms. The van der Waals surface area contributed by atoms with Crippen LogP contribution in [0.1, 0.15) is 176 Å². The molecule has 4 aliphatic carbocycles. The van der Waals surface area contributed by atoms with E-state index in [2.05, 4.69) is 59.8 Å². The van der Waals surface area contributed by atoms with E-state index in [-0.39, 0.29) is 12.1 Å². The van der Waals surface area contributed by atoms with Crippen LogP contribution in [0.2, 0.25) is 0 Å². The Balaban J connectivity index is 1.20. The molecule has 0 spiro atoms. The van der Waals surface area contributed by atoms with Crippen LogP contribution in [-0.2, 0) is 9.53 Å². The molecule has 0 aliphatic heterocycles. The third-order valence-electron chi connectivity index (χ3n) is 13.2. The van der Waals surface area contributed by atoms with Crippen LogP contribution in [0.5, 0.6) is 0 Å². The Morgan fingerprint density at radius 1 is 0.884 bits per heavy atom. The molecule has 4 aliphatic rings. The van der Waals surface area contributed by atoms with Crippen LogP contribution in [0.25, 0.3) is 0 Å². The van der Waals surface area contributed by atoms with E-state index in [0.717, 1.165) is 61.2 Å². The van der Waals surface area contributed by atoms with Gasteiger partial charge in [-0.05, 0) is 117 Å². The SMILES string of the molecule is CCCCC=CCCCCCCCC(=O)O[C@H]1CC[C@@]2(C)C(=CC[C@H]3[C@@H]4CC[C@H]([C@H](C)CCCC(C)C)[C@@]4(C)CC[C@@H]32)C1. The van der Waals surface area contributed by atoms with Gasteiger partial charge in [0.25, 0.3) is 0 Å². The summed E-state index contributed by atoms with van der Waals surface area (Å²) in [4.78, 5) is 12.7. The lowest BCUT2D eigenvalue weighted by Crippen LogP contribution is -2.51. The van der Waals surface area contributed by atoms with Crippen molar-refractivity contribution in [2.45, 2.75) is 182 Å². The molecule has 8 atom stereocenters. The molecule has 0 aromatic rings. The number of carbonyl (C=O) groups excluding carboxylic acids is 1. The van der Waals surface area contributed by atoms with E-state index in [1.165, 1.54) is 103 Å². The van der Waals surface area contributed by atoms with E-state index >= 15 is 0 Å². The van der Waals surface area contributed by atoms with Crippen LogP contribution in [-0.4, -0.2) is 12.1 Å². The number of carbonyl (C=O) groups is 1. The summed E-state index contributed by atoms with van der Waals surface area (Å²) in [7, 11) is 0. The van der Waals surface area contributed by atoms with Gasteiger partial charge in [0, 0.05) is 12.8 Å². The summed E-state index contributed by atoms with van der Waals surface area (Å²) in [5.41, 5.74) is 2.53. The highest BCUT2D eigenvalue weighted by molar-refractivity contribution is 5.69. The second-order valence-electron chi connectivity index (χ2n) is 16.6. The molecule has 2 nitrogen and oxygen atoms in total. The second kappa shape index (κ2) is 16.5. The number of hydrogen-bond donors (Lipinski definition) is 0. The van der Waals surface area contributed by atoms with Crippen molar-refractivity contribution >= 4 is 5.97 Å². The summed E-state index contributed by atoms with van der Waals surface area (Å²) >= 11 is 0. The molecular weight excluding hydrogens is 524 g/mol. The van der Waals surface area contributed by atoms with E-state index in [4.69, 9.17) is 4.74 Å². The topological polar surface area (TPSA) is 26.3 Å². The van der Waals surface area contributed by atoms with E-state index in [1.807, 2.05) is 0 Å². The minimum Gasteiger partial charge on any atom is -0.462 e. The van der Waals surface area contributed by atoms with Crippen molar-refractivity contribution in [3.05, 3.63) is 23.8 Å². The van der Waals surface area contributed by atoms with Crippen LogP contribution in [0.4, 0.5) is 0 Å². The maximum absolute atomic E-state index is 12.7. The highest BCUT2D eigenvalue weighted by Crippen LogP contribution is 2.67. The van der Waals surface area contributed by atoms with Gasteiger partial charge in [-0.25, -0.2) is 0 Å². The number of unbranched alkanes of at least 4 members (excludes halogenated alkanes) is 7. The zero-order chi connectivity index (χ0) is 30.9. The molecule has 0 aromatic carbocycles. The van der Waals surface area contributed by atoms with Gasteiger partial charge in [-0.3, -0.25) is 4.79 Å². The van der Waals surface area contributed by atoms with Crippen LogP contribution >= 0.6 is 0 Å². The molecule has 3 saturated carbocycles. The molecule has 0 heterocycles. The van der Waals surface area contributed by atoms with Gasteiger partial charge in [-0.15, -0.1) is 0 Å². The zero-order valence-electron chi connectivity index (χ0n) is 29.4. The Bertz CT molecular complexity index is 915. The summed E-state index contributed by atoms with van der Waals surface area (Å²) in [6.07, 6.45) is 33.6. The minimum atomic E-state index is 0.0506. The molecule has 3 fully saturated rings. The number of esters is 1. The van der Waals surface area contributed by atoms with Gasteiger partial charge in [0.05, 0.1) is 0 Å². The van der Waals surface area contributed by atoms with Gasteiger partial charge >= 0.3 is 5.97 Å². The van der Waals surface area contributed by atoms with Crippen LogP contribution in [0.15, 0.2) is 23.8 Å². The number of rotatable bonds is 17. The molecule has 0 amide bonds. The Hall–Kier alpha value is -1.05. The standard InChI is InChI=1S/C41H70O2/c1-7-8-9-10-11-12-13-14-15-16-17-21-39(42)43-34-26-28-40(5)33(30-34)22-23-35-37-25-24-36(32(4)20-18-19-31(2)3)41(37,6)29-27-38(35)40/h10-11,22,31-32,34-38H,7-9,12-21,23-30H2,1-6H3/t32-,34+,35+,36-,37+,38+,40+,41-/m1/s1. The lowest BCUT2D eigenvalue weighted by Gasteiger charge is -2.58. The fraction of sp³-hybridized carbons (Fsp3) is 0.878. The van der Waals surface area contributed by atoms with Crippen LogP contribution in [0.3, 0.4) is 0 Å². The fourth-order valence-electron chi connectivity index (χ4n) is 10.6. The van der Waals surface area contributed by atoms with Gasteiger partial charge in [0.1, 0.15) is 6.10 Å². The molecular formula is C41H70O2. The fourth-order valence-corrected chi connectivity index (χ4v) is 10.6. The van der Waals surface area contributed by atoms with Crippen molar-refractivity contribution < 1.29 is 9.53 Å². The molecule has 0 N–H and O–H groups in total. The van der Waals surface area contributed by atoms with Gasteiger partial charge < -0.3 is 4.74 Å². The number of ether oxygens (including phenoxy) is 1. The van der Waals surface area contributed by atoms with Crippen molar-refractivity contribution in [3.63, 3.8) is 0 Å². The summed E-state index contributed by atoms with van der Waals surface area (Å²) in [5, 5.41) is 0. The summed E-state index contributed by atoms with van der Waals surface area (Å²) in [6, 6.07) is 0. The highest BCUT2D eigenvalue weighted by Gasteiger charge is 2.59. The molecule has 0 bridgehead atoms. The summed E-state index contributed by atoms with van der Waals surface area (Å²) < 4.78 is 6.10. The first kappa shape index (κ1) is 34.8. The lowest BCUT2D eigenvalue weighted by molar-refractivity contribution is -0.151. The van der Waals surface area contributed by atoms with E-state index in [0.29, 0.717) is 17.3 Å². The van der Waals surface area contributed by atoms with Crippen LogP contribution in [0, 0.1) is 46.3 Å². The van der Waals surface area contributed by atoms with E-state index < -0.39 is 0 Å². The third kappa shape index (κ3) is 8.82. The summed E-state index contributed by atoms with van der Waals surface area (Å²) in [6.45, 7) is 14.9. The minimum absolute atomic E-state index is 0.0506. The first-order chi connectivity index (χ1) is 20.7. The Kier molecular flexibility index (Phi) is 13.4. The second-order valence-corrected chi connectivity index (χ2v) is 16.6. The first-order valence-electron chi connectivity index (χ1n) is 19.2. The zero-order valence-corrected chi connectivity index (χ0v) is 29.4. The monoisotopic (exact) mass is 595 g/mol. The number of allylic oxidation sites excluding steroid dienone is 3. The van der Waals surface area contributed by atoms with E-state index in [9.17, 15) is 4.79 Å². The van der Waals surface area contributed by atoms with Gasteiger partial charge in [0.2, 0.25) is 0 Å². The predicted molar refractivity (Wildman–Crippen MR) is 184 cm³/mol. The van der Waals surface area contributed by atoms with Crippen molar-refractivity contribution in [2.75, 3.05) is 0 Å². The van der Waals surface area contributed by atoms with Gasteiger partial charge in [0.15, 0.2) is 0 Å². The summed E-state index contributed by atoms with van der Waals surface area (Å²) in [5.74, 6) is 5.32. The molecule has 0 saturated heterocycles. The molecule has 0 radical (unpaired) electrons. The third-order valence-corrected chi connectivity index (χ3v) is 13.2. The van der Waals surface area contributed by atoms with Crippen LogP contribution < -0.4 is 0 Å². The molecule has 4 rings (SSSR count). The van der Waals surface area contributed by atoms with Crippen molar-refractivity contribution in [1.82, 2.24) is 0 Å². The van der Waals surface area contributed by atoms with Gasteiger partial charge in [-0.1, -0.05) is 117 Å². The molecule has 0 unspecified atom stereocenters. The maximum Gasteiger partial charge on any atom is 0.306 e. The quantitative estimate of drug-likeness (QED) is 0.0951. The highest BCUT2D eigenvalue weighted by atomic mass is 16.5. The average Bonchev–Trinajstić information content (AvgIpc) is 3.33. The number of hydrogen-bond acceptors (Lipinski definition) is 2. The Labute approximate surface area is 267 Å². The van der Waals surface area contributed by atoms with Crippen molar-refractivity contribution in [2.24, 2.45) is 46.3 Å². The number of fused-ring (bicyclic) bond motifs is 5. The maximum atomic E-state index is 12.7. The Morgan fingerprint density at radius 2 is 1.63 bits per heavy atom. The first-order valence-corrected chi connectivity index (χ1v) is 19.2. The molecule has 0 aromatic heterocycles. The van der Waals surface area contributed by atoms with Crippen molar-refractivity contribution in [3.8, 4) is 0 Å². The Morgan fingerprint density at radius 3 is 2.40 bits per heavy atom. The average molecular weight is 595 g/mol. The predicted octanol–water partition coefficient (Wildman–Crippen LogP) is 12.4. The molecule has 43 heavy (non-hydrogen) atoms. The lowest BCUT2D eigenvalue weighted by atomic mass is 9.47. The van der Waals surface area contributed by atoms with Gasteiger partial charge in [-0.2, -0.15) is 0 Å². The van der Waals surface area contributed by atoms with E-state index in [1.54, 1.807) is 5.57 Å². The normalized spacial score (nSPS) is 34.5. The van der Waals surface area contributed by atoms with Crippen molar-refractivity contribution in [1.29, 1.82) is 0 Å². The molecule has 246 valence electrons. The largest absolute Gasteiger partial charge is 0.462 e.